The average Bonchev–Trinajstić information content (AvgIpc) is 2.94. The van der Waals surface area contributed by atoms with Gasteiger partial charge in [-0.15, -0.1) is 11.3 Å². The first kappa shape index (κ1) is 16.6. The van der Waals surface area contributed by atoms with Gasteiger partial charge in [0.2, 0.25) is 0 Å². The molecule has 0 bridgehead atoms. The van der Waals surface area contributed by atoms with E-state index in [0.29, 0.717) is 6.54 Å². The summed E-state index contributed by atoms with van der Waals surface area (Å²) >= 11 is 1.47. The first-order valence-electron chi connectivity index (χ1n) is 8.75. The largest absolute Gasteiger partial charge is 0.314 e. The number of fused-ring (bicyclic) bond motifs is 3. The number of pyridine rings is 1. The summed E-state index contributed by atoms with van der Waals surface area (Å²) in [5.41, 5.74) is 2.99. The van der Waals surface area contributed by atoms with E-state index in [0.717, 1.165) is 70.2 Å². The summed E-state index contributed by atoms with van der Waals surface area (Å²) in [6.45, 7) is 11.7. The zero-order chi connectivity index (χ0) is 17.6. The fraction of sp³-hybridized carbons (Fsp3) is 0.500. The second-order valence-electron chi connectivity index (χ2n) is 6.75. The summed E-state index contributed by atoms with van der Waals surface area (Å²) < 4.78 is 2.55. The highest BCUT2D eigenvalue weighted by Crippen LogP contribution is 2.32. The van der Waals surface area contributed by atoms with Crippen LogP contribution < -0.4 is 10.9 Å². The van der Waals surface area contributed by atoms with Crippen molar-refractivity contribution >= 4 is 31.8 Å². The molecule has 25 heavy (non-hydrogen) atoms. The lowest BCUT2D eigenvalue weighted by Gasteiger charge is -2.27. The number of thiophene rings is 1. The number of nitrogens with one attached hydrogen (secondary N) is 1. The maximum Gasteiger partial charge on any atom is 0.271 e. The first-order chi connectivity index (χ1) is 12.0. The van der Waals surface area contributed by atoms with Crippen molar-refractivity contribution in [3.05, 3.63) is 33.5 Å². The van der Waals surface area contributed by atoms with Crippen LogP contribution >= 0.6 is 11.3 Å². The van der Waals surface area contributed by atoms with Gasteiger partial charge in [-0.1, -0.05) is 0 Å². The smallest absolute Gasteiger partial charge is 0.271 e. The van der Waals surface area contributed by atoms with Crippen molar-refractivity contribution in [2.24, 2.45) is 0 Å². The second-order valence-corrected chi connectivity index (χ2v) is 7.75. The lowest BCUT2D eigenvalue weighted by molar-refractivity contribution is 0.231. The number of nitrogens with zero attached hydrogens (tertiary/aromatic N) is 4. The highest BCUT2D eigenvalue weighted by Gasteiger charge is 2.17. The number of piperazine rings is 1. The van der Waals surface area contributed by atoms with Crippen LogP contribution in [0.4, 0.5) is 0 Å². The topological polar surface area (TPSA) is 63.1 Å². The van der Waals surface area contributed by atoms with E-state index in [2.05, 4.69) is 28.2 Å². The Balaban J connectivity index is 1.77. The minimum absolute atomic E-state index is 0.0673. The summed E-state index contributed by atoms with van der Waals surface area (Å²) in [7, 11) is 0. The number of hydrogen-bond acceptors (Lipinski definition) is 6. The molecule has 1 aliphatic heterocycles. The molecule has 0 spiro atoms. The van der Waals surface area contributed by atoms with Gasteiger partial charge < -0.3 is 5.32 Å². The molecule has 1 fully saturated rings. The van der Waals surface area contributed by atoms with Gasteiger partial charge in [-0.05, 0) is 32.4 Å². The molecule has 7 heteroatoms. The van der Waals surface area contributed by atoms with Crippen LogP contribution in [-0.4, -0.2) is 52.2 Å². The minimum Gasteiger partial charge on any atom is -0.314 e. The van der Waals surface area contributed by atoms with Gasteiger partial charge in [-0.2, -0.15) is 0 Å². The third-order valence-corrected chi connectivity index (χ3v) is 5.98. The fourth-order valence-electron chi connectivity index (χ4n) is 3.61. The Hall–Kier alpha value is -1.83. The van der Waals surface area contributed by atoms with Crippen molar-refractivity contribution in [3.8, 4) is 0 Å². The Labute approximate surface area is 150 Å². The number of hydrogen-bond donors (Lipinski definition) is 1. The molecule has 4 heterocycles. The molecule has 3 aromatic heterocycles. The molecule has 3 aromatic rings. The lowest BCUT2D eigenvalue weighted by atomic mass is 10.1. The van der Waals surface area contributed by atoms with E-state index in [4.69, 9.17) is 4.98 Å². The van der Waals surface area contributed by atoms with Crippen LogP contribution in [0, 0.1) is 20.8 Å². The zero-order valence-corrected chi connectivity index (χ0v) is 15.7. The van der Waals surface area contributed by atoms with E-state index in [1.165, 1.54) is 11.3 Å². The molecule has 0 saturated carbocycles. The van der Waals surface area contributed by atoms with Crippen molar-refractivity contribution in [1.29, 1.82) is 0 Å². The molecule has 6 nitrogen and oxygen atoms in total. The zero-order valence-electron chi connectivity index (χ0n) is 14.9. The molecule has 1 aliphatic rings. The summed E-state index contributed by atoms with van der Waals surface area (Å²) in [6.07, 6.45) is 0. The predicted molar refractivity (Wildman–Crippen MR) is 103 cm³/mol. The Morgan fingerprint density at radius 3 is 2.68 bits per heavy atom. The van der Waals surface area contributed by atoms with Crippen LogP contribution in [0.5, 0.6) is 0 Å². The fourth-order valence-corrected chi connectivity index (χ4v) is 4.79. The Morgan fingerprint density at radius 1 is 1.16 bits per heavy atom. The average molecular weight is 357 g/mol. The second kappa shape index (κ2) is 6.48. The summed E-state index contributed by atoms with van der Waals surface area (Å²) in [5.74, 6) is 0.785. The molecule has 1 N–H and O–H groups in total. The molecular formula is C18H23N5OS. The van der Waals surface area contributed by atoms with Crippen molar-refractivity contribution in [1.82, 2.24) is 24.8 Å². The molecule has 132 valence electrons. The quantitative estimate of drug-likeness (QED) is 0.775. The van der Waals surface area contributed by atoms with Crippen molar-refractivity contribution in [3.63, 3.8) is 0 Å². The van der Waals surface area contributed by atoms with E-state index in [1.54, 1.807) is 0 Å². The monoisotopic (exact) mass is 357 g/mol. The molecule has 0 amide bonds. The summed E-state index contributed by atoms with van der Waals surface area (Å²) in [5, 5.41) is 4.38. The Kier molecular flexibility index (Phi) is 4.31. The molecule has 0 aromatic carbocycles. The summed E-state index contributed by atoms with van der Waals surface area (Å²) in [4.78, 5) is 25.8. The molecule has 0 radical (unpaired) electrons. The van der Waals surface area contributed by atoms with E-state index >= 15 is 0 Å². The Morgan fingerprint density at radius 2 is 1.92 bits per heavy atom. The van der Waals surface area contributed by atoms with Gasteiger partial charge in [0.25, 0.3) is 5.56 Å². The number of aryl methyl sites for hydroxylation is 3. The van der Waals surface area contributed by atoms with Crippen molar-refractivity contribution in [2.45, 2.75) is 27.3 Å². The highest BCUT2D eigenvalue weighted by atomic mass is 32.1. The minimum atomic E-state index is 0.0673. The summed E-state index contributed by atoms with van der Waals surface area (Å²) in [6, 6.07) is 2.06. The maximum absolute atomic E-state index is 13.1. The highest BCUT2D eigenvalue weighted by molar-refractivity contribution is 7.25. The molecule has 4 rings (SSSR count). The Bertz CT molecular complexity index is 1000. The van der Waals surface area contributed by atoms with Crippen LogP contribution in [0.25, 0.3) is 20.4 Å². The SMILES string of the molecule is Cc1cc(C)c2c(n1)sc1c(=O)n(CCN3CCNCC3)c(C)nc12. The van der Waals surface area contributed by atoms with Gasteiger partial charge in [0.15, 0.2) is 0 Å². The molecule has 0 aliphatic carbocycles. The van der Waals surface area contributed by atoms with Crippen LogP contribution in [-0.2, 0) is 6.54 Å². The van der Waals surface area contributed by atoms with Crippen LogP contribution in [0.15, 0.2) is 10.9 Å². The number of rotatable bonds is 3. The van der Waals surface area contributed by atoms with E-state index in [1.807, 2.05) is 18.4 Å². The van der Waals surface area contributed by atoms with Gasteiger partial charge >= 0.3 is 0 Å². The number of aromatic nitrogens is 3. The van der Waals surface area contributed by atoms with E-state index in [-0.39, 0.29) is 5.56 Å². The van der Waals surface area contributed by atoms with E-state index in [9.17, 15) is 4.79 Å². The third kappa shape index (κ3) is 2.96. The predicted octanol–water partition coefficient (Wildman–Crippen LogP) is 1.84. The molecular weight excluding hydrogens is 334 g/mol. The van der Waals surface area contributed by atoms with Crippen LogP contribution in [0.3, 0.4) is 0 Å². The van der Waals surface area contributed by atoms with Gasteiger partial charge in [-0.3, -0.25) is 14.3 Å². The van der Waals surface area contributed by atoms with Gasteiger partial charge in [0.05, 0.1) is 5.52 Å². The van der Waals surface area contributed by atoms with Crippen LogP contribution in [0.2, 0.25) is 0 Å². The van der Waals surface area contributed by atoms with Gasteiger partial charge in [0, 0.05) is 50.3 Å². The molecule has 0 unspecified atom stereocenters. The molecule has 1 saturated heterocycles. The van der Waals surface area contributed by atoms with Gasteiger partial charge in [0.1, 0.15) is 15.4 Å². The standard InChI is InChI=1S/C18H23N5OS/c1-11-10-12(2)20-17-14(11)15-16(25-17)18(24)23(13(3)21-15)9-8-22-6-4-19-5-7-22/h10,19H,4-9H2,1-3H3. The maximum atomic E-state index is 13.1. The van der Waals surface area contributed by atoms with E-state index < -0.39 is 0 Å². The molecule has 0 atom stereocenters. The van der Waals surface area contributed by atoms with Gasteiger partial charge in [-0.25, -0.2) is 9.97 Å². The van der Waals surface area contributed by atoms with Crippen LogP contribution in [0.1, 0.15) is 17.1 Å². The lowest BCUT2D eigenvalue weighted by Crippen LogP contribution is -2.45. The van der Waals surface area contributed by atoms with Crippen molar-refractivity contribution < 1.29 is 0 Å². The third-order valence-electron chi connectivity index (χ3n) is 4.92. The van der Waals surface area contributed by atoms with Crippen molar-refractivity contribution in [2.75, 3.05) is 32.7 Å². The normalized spacial score (nSPS) is 16.1. The first-order valence-corrected chi connectivity index (χ1v) is 9.57.